The Hall–Kier alpha value is -4.13. The first kappa shape index (κ1) is 21.1. The fourth-order valence-electron chi connectivity index (χ4n) is 3.84. The molecule has 0 radical (unpaired) electrons. The summed E-state index contributed by atoms with van der Waals surface area (Å²) >= 11 is 0. The number of nitrogens with zero attached hydrogens (tertiary/aromatic N) is 2. The van der Waals surface area contributed by atoms with Crippen LogP contribution in [0.2, 0.25) is 0 Å². The number of aromatic hydroxyl groups is 1. The van der Waals surface area contributed by atoms with Gasteiger partial charge in [0.25, 0.3) is 11.8 Å². The molecule has 0 aliphatic carbocycles. The van der Waals surface area contributed by atoms with E-state index in [0.717, 1.165) is 33.1 Å². The molecule has 0 spiro atoms. The number of rotatable bonds is 3. The van der Waals surface area contributed by atoms with Crippen molar-refractivity contribution in [2.75, 3.05) is 4.90 Å². The number of carbonyl (C=O) groups excluding carboxylic acids is 3. The lowest BCUT2D eigenvalue weighted by Crippen LogP contribution is -2.54. The Bertz CT molecular complexity index is 1300. The molecule has 1 fully saturated rings. The molecule has 7 nitrogen and oxygen atoms in total. The number of anilines is 1. The number of amides is 4. The number of phenols is 1. The predicted octanol–water partition coefficient (Wildman–Crippen LogP) is 4.08. The van der Waals surface area contributed by atoms with Gasteiger partial charge in [0.1, 0.15) is 11.3 Å². The number of hydrogen-bond donors (Lipinski definition) is 2. The summed E-state index contributed by atoms with van der Waals surface area (Å²) in [7, 11) is 0. The molecule has 0 saturated carbocycles. The minimum atomic E-state index is -0.769. The van der Waals surface area contributed by atoms with Crippen molar-refractivity contribution in [3.05, 3.63) is 82.2 Å². The maximum absolute atomic E-state index is 13.2. The smallest absolute Gasteiger partial charge is 0.335 e. The second kappa shape index (κ2) is 7.85. The predicted molar refractivity (Wildman–Crippen MR) is 122 cm³/mol. The first-order chi connectivity index (χ1) is 15.2. The van der Waals surface area contributed by atoms with Gasteiger partial charge in [-0.1, -0.05) is 6.07 Å². The van der Waals surface area contributed by atoms with Crippen molar-refractivity contribution in [2.24, 2.45) is 0 Å². The molecule has 2 aromatic carbocycles. The number of aromatic nitrogens is 1. The Balaban J connectivity index is 1.76. The number of hydrogen-bond acceptors (Lipinski definition) is 4. The summed E-state index contributed by atoms with van der Waals surface area (Å²) < 4.78 is 1.96. The third-order valence-corrected chi connectivity index (χ3v) is 5.73. The average molecular weight is 429 g/mol. The molecule has 162 valence electrons. The lowest BCUT2D eigenvalue weighted by Gasteiger charge is -2.26. The molecule has 7 heteroatoms. The van der Waals surface area contributed by atoms with Gasteiger partial charge < -0.3 is 9.67 Å². The van der Waals surface area contributed by atoms with E-state index in [0.29, 0.717) is 11.3 Å². The summed E-state index contributed by atoms with van der Waals surface area (Å²) in [6.45, 7) is 7.63. The molecule has 0 unspecified atom stereocenters. The van der Waals surface area contributed by atoms with E-state index in [1.165, 1.54) is 6.08 Å². The molecule has 3 aromatic rings. The van der Waals surface area contributed by atoms with Gasteiger partial charge in [-0.3, -0.25) is 14.9 Å². The van der Waals surface area contributed by atoms with E-state index in [4.69, 9.17) is 0 Å². The standard InChI is InChI=1S/C25H23N3O4/c1-14-5-6-20(11-15(14)2)28-24(31)22(23(30)26-25(28)32)13-18-12-16(3)27(17(18)4)19-7-9-21(29)10-8-19/h5-13,29H,1-4H3,(H,26,30,32)/b22-13+. The molecule has 4 rings (SSSR count). The van der Waals surface area contributed by atoms with Gasteiger partial charge in [0.05, 0.1) is 5.69 Å². The lowest BCUT2D eigenvalue weighted by atomic mass is 10.1. The molecule has 2 N–H and O–H groups in total. The van der Waals surface area contributed by atoms with E-state index in [2.05, 4.69) is 5.32 Å². The van der Waals surface area contributed by atoms with E-state index < -0.39 is 17.8 Å². The van der Waals surface area contributed by atoms with Crippen LogP contribution in [0.15, 0.2) is 54.1 Å². The van der Waals surface area contributed by atoms with Gasteiger partial charge in [-0.2, -0.15) is 0 Å². The van der Waals surface area contributed by atoms with Gasteiger partial charge in [-0.05, 0) is 92.9 Å². The third-order valence-electron chi connectivity index (χ3n) is 5.73. The van der Waals surface area contributed by atoms with Crippen LogP contribution in [0.4, 0.5) is 10.5 Å². The molecule has 2 heterocycles. The largest absolute Gasteiger partial charge is 0.508 e. The number of benzene rings is 2. The molecule has 1 aliphatic rings. The highest BCUT2D eigenvalue weighted by Gasteiger charge is 2.37. The second-order valence-electron chi connectivity index (χ2n) is 7.90. The first-order valence-corrected chi connectivity index (χ1v) is 10.1. The molecule has 0 atom stereocenters. The third kappa shape index (κ3) is 3.58. The Morgan fingerprint density at radius 3 is 2.16 bits per heavy atom. The van der Waals surface area contributed by atoms with Crippen LogP contribution in [0.25, 0.3) is 11.8 Å². The monoisotopic (exact) mass is 429 g/mol. The van der Waals surface area contributed by atoms with Gasteiger partial charge in [-0.15, -0.1) is 0 Å². The Kier molecular flexibility index (Phi) is 5.18. The van der Waals surface area contributed by atoms with Crippen LogP contribution in [0.1, 0.15) is 28.1 Å². The number of nitrogens with one attached hydrogen (secondary N) is 1. The van der Waals surface area contributed by atoms with Crippen LogP contribution < -0.4 is 10.2 Å². The van der Waals surface area contributed by atoms with Crippen molar-refractivity contribution in [1.29, 1.82) is 0 Å². The zero-order valence-electron chi connectivity index (χ0n) is 18.3. The highest BCUT2D eigenvalue weighted by molar-refractivity contribution is 6.39. The summed E-state index contributed by atoms with van der Waals surface area (Å²) in [6, 6.07) is 13.1. The van der Waals surface area contributed by atoms with Crippen molar-refractivity contribution in [1.82, 2.24) is 9.88 Å². The van der Waals surface area contributed by atoms with E-state index in [-0.39, 0.29) is 11.3 Å². The number of imide groups is 2. The number of phenolic OH excluding ortho intramolecular Hbond substituents is 1. The van der Waals surface area contributed by atoms with E-state index in [9.17, 15) is 19.5 Å². The Morgan fingerprint density at radius 1 is 0.844 bits per heavy atom. The summed E-state index contributed by atoms with van der Waals surface area (Å²) in [5.74, 6) is -1.23. The summed E-state index contributed by atoms with van der Waals surface area (Å²) in [4.78, 5) is 39.2. The normalized spacial score (nSPS) is 15.4. The SMILES string of the molecule is Cc1ccc(N2C(=O)NC(=O)/C(=C\c3cc(C)n(-c4ccc(O)cc4)c3C)C2=O)cc1C. The van der Waals surface area contributed by atoms with Crippen LogP contribution >= 0.6 is 0 Å². The molecule has 4 amide bonds. The number of aryl methyl sites for hydroxylation is 3. The zero-order chi connectivity index (χ0) is 23.2. The highest BCUT2D eigenvalue weighted by atomic mass is 16.3. The van der Waals surface area contributed by atoms with Gasteiger partial charge in [0, 0.05) is 17.1 Å². The van der Waals surface area contributed by atoms with Crippen LogP contribution in [0.5, 0.6) is 5.75 Å². The van der Waals surface area contributed by atoms with Crippen LogP contribution in [0, 0.1) is 27.7 Å². The molecule has 1 saturated heterocycles. The first-order valence-electron chi connectivity index (χ1n) is 10.1. The Morgan fingerprint density at radius 2 is 1.50 bits per heavy atom. The fourth-order valence-corrected chi connectivity index (χ4v) is 3.84. The van der Waals surface area contributed by atoms with Crippen LogP contribution in [-0.2, 0) is 9.59 Å². The van der Waals surface area contributed by atoms with Gasteiger partial charge in [0.2, 0.25) is 0 Å². The molecular formula is C25H23N3O4. The maximum Gasteiger partial charge on any atom is 0.335 e. The van der Waals surface area contributed by atoms with Crippen LogP contribution in [0.3, 0.4) is 0 Å². The quantitative estimate of drug-likeness (QED) is 0.485. The highest BCUT2D eigenvalue weighted by Crippen LogP contribution is 2.27. The van der Waals surface area contributed by atoms with E-state index in [1.807, 2.05) is 44.4 Å². The fraction of sp³-hybridized carbons (Fsp3) is 0.160. The van der Waals surface area contributed by atoms with E-state index in [1.54, 1.807) is 36.4 Å². The Labute approximate surface area is 185 Å². The average Bonchev–Trinajstić information content (AvgIpc) is 3.01. The molecule has 1 aliphatic heterocycles. The maximum atomic E-state index is 13.2. The van der Waals surface area contributed by atoms with Gasteiger partial charge in [0.15, 0.2) is 0 Å². The van der Waals surface area contributed by atoms with E-state index >= 15 is 0 Å². The molecular weight excluding hydrogens is 406 g/mol. The minimum absolute atomic E-state index is 0.117. The van der Waals surface area contributed by atoms with Crippen molar-refractivity contribution in [3.8, 4) is 11.4 Å². The summed E-state index contributed by atoms with van der Waals surface area (Å²) in [5, 5.41) is 11.8. The molecule has 0 bridgehead atoms. The van der Waals surface area contributed by atoms with Crippen molar-refractivity contribution < 1.29 is 19.5 Å². The van der Waals surface area contributed by atoms with Crippen LogP contribution in [-0.4, -0.2) is 27.5 Å². The van der Waals surface area contributed by atoms with Crippen molar-refractivity contribution in [3.63, 3.8) is 0 Å². The van der Waals surface area contributed by atoms with Crippen molar-refractivity contribution in [2.45, 2.75) is 27.7 Å². The number of carbonyl (C=O) groups is 3. The van der Waals surface area contributed by atoms with Gasteiger partial charge >= 0.3 is 6.03 Å². The summed E-state index contributed by atoms with van der Waals surface area (Å²) in [6.07, 6.45) is 1.51. The second-order valence-corrected chi connectivity index (χ2v) is 7.90. The minimum Gasteiger partial charge on any atom is -0.508 e. The topological polar surface area (TPSA) is 91.6 Å². The molecule has 1 aromatic heterocycles. The van der Waals surface area contributed by atoms with Gasteiger partial charge in [-0.25, -0.2) is 9.69 Å². The number of urea groups is 1. The summed E-state index contributed by atoms with van der Waals surface area (Å²) in [5.41, 5.74) is 5.49. The number of barbiturate groups is 1. The lowest BCUT2D eigenvalue weighted by molar-refractivity contribution is -0.122. The van der Waals surface area contributed by atoms with Crippen molar-refractivity contribution >= 4 is 29.6 Å². The zero-order valence-corrected chi connectivity index (χ0v) is 18.3. The molecule has 32 heavy (non-hydrogen) atoms.